The molecule has 89 heavy (non-hydrogen) atoms. The van der Waals surface area contributed by atoms with Crippen LogP contribution in [0.5, 0.6) is 0 Å². The van der Waals surface area contributed by atoms with Crippen molar-refractivity contribution in [1.29, 1.82) is 0 Å². The number of rotatable bonds is 8. The molecule has 3 atom stereocenters. The Morgan fingerprint density at radius 1 is 0.270 bits per heavy atom. The minimum absolute atomic E-state index is 0.143. The third-order valence-electron chi connectivity index (χ3n) is 19.8. The fourth-order valence-electron chi connectivity index (χ4n) is 16.4. The Balaban J connectivity index is 0.873. The van der Waals surface area contributed by atoms with E-state index in [2.05, 4.69) is 325 Å². The molecule has 0 bridgehead atoms. The molecular weight excluding hydrogens is 1110 g/mol. The van der Waals surface area contributed by atoms with Gasteiger partial charge in [0.1, 0.15) is 0 Å². The number of aromatic nitrogens is 5. The molecule has 13 aromatic carbocycles. The average molecular weight is 1160 g/mol. The zero-order valence-corrected chi connectivity index (χ0v) is 50.3. The SMILES string of the molecule is c1ccc([Si]2(c3cccc(-c4nc(-c5cccc([Si]6(c7ccccc7)c7ccccc7-n7c8ccccc8c8cccc6c87)c5)nc(-c5ccccc5-n5c6ccccc6c6ccccc65)n4)c3)c3ccccc3C3c4ccccc4-c4cccc2c43)cc1. The van der Waals surface area contributed by atoms with E-state index in [1.54, 1.807) is 0 Å². The van der Waals surface area contributed by atoms with Gasteiger partial charge in [0.2, 0.25) is 0 Å². The Kier molecular flexibility index (Phi) is 10.8. The van der Waals surface area contributed by atoms with E-state index < -0.39 is 16.1 Å². The van der Waals surface area contributed by atoms with Gasteiger partial charge in [-0.1, -0.05) is 279 Å². The molecule has 0 radical (unpaired) electrons. The second-order valence-corrected chi connectivity index (χ2v) is 31.5. The van der Waals surface area contributed by atoms with E-state index in [0.29, 0.717) is 17.5 Å². The highest BCUT2D eigenvalue weighted by Gasteiger charge is 2.52. The summed E-state index contributed by atoms with van der Waals surface area (Å²) in [6.07, 6.45) is 0. The molecule has 3 unspecified atom stereocenters. The number of benzene rings is 13. The van der Waals surface area contributed by atoms with Crippen LogP contribution in [0.25, 0.3) is 100 Å². The lowest BCUT2D eigenvalue weighted by Crippen LogP contribution is -2.77. The van der Waals surface area contributed by atoms with Crippen LogP contribution < -0.4 is 41.5 Å². The number of hydrogen-bond donors (Lipinski definition) is 0. The van der Waals surface area contributed by atoms with Gasteiger partial charge in [-0.2, -0.15) is 0 Å². The van der Waals surface area contributed by atoms with Gasteiger partial charge in [-0.15, -0.1) is 0 Å². The molecule has 19 rings (SSSR count). The summed E-state index contributed by atoms with van der Waals surface area (Å²) in [4.78, 5) is 17.2. The molecule has 0 spiro atoms. The molecule has 5 nitrogen and oxygen atoms in total. The first kappa shape index (κ1) is 50.1. The third kappa shape index (κ3) is 6.91. The predicted molar refractivity (Wildman–Crippen MR) is 372 cm³/mol. The molecule has 3 aliphatic rings. The van der Waals surface area contributed by atoms with E-state index in [0.717, 1.165) is 33.4 Å². The quantitative estimate of drug-likeness (QED) is 0.142. The number of fused-ring (bicyclic) bond motifs is 13. The van der Waals surface area contributed by atoms with Gasteiger partial charge in [0.15, 0.2) is 33.6 Å². The van der Waals surface area contributed by atoms with Crippen molar-refractivity contribution < 1.29 is 0 Å². The predicted octanol–water partition coefficient (Wildman–Crippen LogP) is 13.6. The summed E-state index contributed by atoms with van der Waals surface area (Å²) < 4.78 is 4.92. The van der Waals surface area contributed by atoms with Gasteiger partial charge in [0.25, 0.3) is 0 Å². The van der Waals surface area contributed by atoms with Gasteiger partial charge < -0.3 is 9.13 Å². The maximum atomic E-state index is 5.75. The van der Waals surface area contributed by atoms with Gasteiger partial charge in [-0.05, 0) is 106 Å². The Bertz CT molecular complexity index is 5560. The van der Waals surface area contributed by atoms with Crippen LogP contribution in [0, 0.1) is 0 Å². The minimum Gasteiger partial charge on any atom is -0.309 e. The monoisotopic (exact) mass is 1160 g/mol. The van der Waals surface area contributed by atoms with E-state index in [9.17, 15) is 0 Å². The molecule has 3 aromatic heterocycles. The highest BCUT2D eigenvalue weighted by Crippen LogP contribution is 2.49. The van der Waals surface area contributed by atoms with Crippen LogP contribution in [0.4, 0.5) is 0 Å². The Hall–Kier alpha value is -11.1. The van der Waals surface area contributed by atoms with E-state index in [4.69, 9.17) is 15.0 Å². The topological polar surface area (TPSA) is 48.5 Å². The Morgan fingerprint density at radius 3 is 1.36 bits per heavy atom. The number of hydrogen-bond acceptors (Lipinski definition) is 3. The number of nitrogens with zero attached hydrogens (tertiary/aromatic N) is 5. The molecule has 16 aromatic rings. The second kappa shape index (κ2) is 19.2. The number of para-hydroxylation sites is 6. The summed E-state index contributed by atoms with van der Waals surface area (Å²) in [6.45, 7) is 0. The average Bonchev–Trinajstić information content (AvgIpc) is 1.66. The van der Waals surface area contributed by atoms with Crippen molar-refractivity contribution in [3.05, 3.63) is 332 Å². The highest BCUT2D eigenvalue weighted by atomic mass is 28.3. The lowest BCUT2D eigenvalue weighted by atomic mass is 9.89. The van der Waals surface area contributed by atoms with Crippen LogP contribution in [0.2, 0.25) is 0 Å². The molecule has 414 valence electrons. The maximum absolute atomic E-state index is 5.75. The summed E-state index contributed by atoms with van der Waals surface area (Å²) in [7, 11) is -6.22. The van der Waals surface area contributed by atoms with E-state index in [1.165, 1.54) is 108 Å². The molecule has 0 fully saturated rings. The van der Waals surface area contributed by atoms with Crippen molar-refractivity contribution in [2.45, 2.75) is 5.92 Å². The molecule has 0 N–H and O–H groups in total. The molecule has 5 heterocycles. The van der Waals surface area contributed by atoms with Crippen LogP contribution in [-0.4, -0.2) is 40.2 Å². The van der Waals surface area contributed by atoms with Crippen LogP contribution in [0.3, 0.4) is 0 Å². The standard InChI is InChI=1S/C82H53N5Si2/c1-3-27-55(28-4-1)88(73-47-19-13-39-67(73)77-63-37-8-7-33-59(63)64-40-23-49-75(88)78(64)77)57-31-21-25-53(51-57)80-83-81(85-82(84-80)66-38-12-17-45-71(66)86-68-42-14-9-34-60(68)61-35-10-15-43-69(61)86)54-26-22-32-58(52-54)89(56-29-5-2-6-30-56)74-48-20-18-46-72(74)87-70-44-16-11-36-62(70)65-41-24-50-76(89)79(65)87/h1-52,77H. The first-order valence-electron chi connectivity index (χ1n) is 30.8. The van der Waals surface area contributed by atoms with Crippen molar-refractivity contribution in [2.24, 2.45) is 0 Å². The van der Waals surface area contributed by atoms with Gasteiger partial charge in [-0.3, -0.25) is 0 Å². The first-order valence-corrected chi connectivity index (χ1v) is 34.8. The molecule has 0 amide bonds. The summed E-state index contributed by atoms with van der Waals surface area (Å²) >= 11 is 0. The maximum Gasteiger partial charge on any atom is 0.184 e. The molecule has 1 aliphatic carbocycles. The van der Waals surface area contributed by atoms with Gasteiger partial charge in [0, 0.05) is 49.8 Å². The van der Waals surface area contributed by atoms with Crippen molar-refractivity contribution in [3.8, 4) is 56.7 Å². The Labute approximate surface area is 516 Å². The van der Waals surface area contributed by atoms with Crippen LogP contribution in [-0.2, 0) is 0 Å². The molecule has 7 heteroatoms. The Morgan fingerprint density at radius 2 is 0.697 bits per heavy atom. The molecule has 0 saturated carbocycles. The minimum atomic E-state index is -3.13. The van der Waals surface area contributed by atoms with E-state index in [-0.39, 0.29) is 5.92 Å². The fraction of sp³-hybridized carbons (Fsp3) is 0.0122. The van der Waals surface area contributed by atoms with Crippen molar-refractivity contribution in [1.82, 2.24) is 24.1 Å². The van der Waals surface area contributed by atoms with Crippen molar-refractivity contribution >= 4 is 101 Å². The summed E-state index contributed by atoms with van der Waals surface area (Å²) in [6, 6.07) is 118. The third-order valence-corrected chi connectivity index (χ3v) is 29.5. The van der Waals surface area contributed by atoms with Gasteiger partial charge in [0.05, 0.1) is 27.8 Å². The van der Waals surface area contributed by atoms with E-state index >= 15 is 0 Å². The smallest absolute Gasteiger partial charge is 0.184 e. The zero-order chi connectivity index (χ0) is 58.4. The largest absolute Gasteiger partial charge is 0.309 e. The summed E-state index contributed by atoms with van der Waals surface area (Å²) in [5, 5.41) is 15.7. The summed E-state index contributed by atoms with van der Waals surface area (Å²) in [5.74, 6) is 1.98. The summed E-state index contributed by atoms with van der Waals surface area (Å²) in [5.41, 5.74) is 16.6. The first-order chi connectivity index (χ1) is 44.2. The van der Waals surface area contributed by atoms with Gasteiger partial charge >= 0.3 is 0 Å². The second-order valence-electron chi connectivity index (χ2n) is 24.0. The normalized spacial score (nSPS) is 16.7. The van der Waals surface area contributed by atoms with Crippen molar-refractivity contribution in [3.63, 3.8) is 0 Å². The van der Waals surface area contributed by atoms with Gasteiger partial charge in [-0.25, -0.2) is 15.0 Å². The van der Waals surface area contributed by atoms with Crippen LogP contribution in [0.15, 0.2) is 315 Å². The molecule has 0 saturated heterocycles. The van der Waals surface area contributed by atoms with Crippen molar-refractivity contribution in [2.75, 3.05) is 0 Å². The zero-order valence-electron chi connectivity index (χ0n) is 48.3. The van der Waals surface area contributed by atoms with Crippen LogP contribution >= 0.6 is 0 Å². The van der Waals surface area contributed by atoms with E-state index in [1.807, 2.05) is 0 Å². The fourth-order valence-corrected chi connectivity index (χ4v) is 26.8. The highest BCUT2D eigenvalue weighted by molar-refractivity contribution is 7.22. The molecule has 2 aliphatic heterocycles. The van der Waals surface area contributed by atoms with Crippen LogP contribution in [0.1, 0.15) is 22.6 Å². The molecular formula is C82H53N5Si2. The lowest BCUT2D eigenvalue weighted by Gasteiger charge is -2.42. The lowest BCUT2D eigenvalue weighted by molar-refractivity contribution is 1.02.